The average Bonchev–Trinajstić information content (AvgIpc) is 3.26. The van der Waals surface area contributed by atoms with Crippen LogP contribution in [0.4, 0.5) is 5.13 Å². The van der Waals surface area contributed by atoms with Crippen molar-refractivity contribution in [3.05, 3.63) is 58.2 Å². The van der Waals surface area contributed by atoms with Gasteiger partial charge in [0.25, 0.3) is 5.91 Å². The highest BCUT2D eigenvalue weighted by Crippen LogP contribution is 2.26. The van der Waals surface area contributed by atoms with E-state index in [9.17, 15) is 9.59 Å². The van der Waals surface area contributed by atoms with Crippen LogP contribution in [0.1, 0.15) is 39.0 Å². The predicted molar refractivity (Wildman–Crippen MR) is 102 cm³/mol. The highest BCUT2D eigenvalue weighted by molar-refractivity contribution is 7.14. The molecule has 0 fully saturated rings. The van der Waals surface area contributed by atoms with Crippen LogP contribution in [0.15, 0.2) is 35.7 Å². The van der Waals surface area contributed by atoms with Gasteiger partial charge >= 0.3 is 5.97 Å². The number of aromatic nitrogens is 2. The Morgan fingerprint density at radius 1 is 1.27 bits per heavy atom. The van der Waals surface area contributed by atoms with Crippen molar-refractivity contribution in [3.63, 3.8) is 0 Å². The number of anilines is 1. The van der Waals surface area contributed by atoms with Crippen molar-refractivity contribution >= 4 is 28.3 Å². The number of nitrogens with zero attached hydrogens (tertiary/aromatic N) is 1. The van der Waals surface area contributed by atoms with Gasteiger partial charge in [-0.1, -0.05) is 37.3 Å². The molecule has 0 radical (unpaired) electrons. The fraction of sp³-hybridized carbons (Fsp3) is 0.211. The standard InChI is InChI=1S/C19H19N3O3S/c1-4-13-15(18(24)25-3)11(2)16(20-13)17(23)22-19-21-14(10-26-19)12-8-6-5-7-9-12/h5-10,20H,4H2,1-3H3,(H,21,22,23). The van der Waals surface area contributed by atoms with Gasteiger partial charge in [0.15, 0.2) is 5.13 Å². The Hall–Kier alpha value is -2.93. The number of nitrogens with one attached hydrogen (secondary N) is 2. The number of rotatable bonds is 5. The largest absolute Gasteiger partial charge is 0.465 e. The third-order valence-electron chi connectivity index (χ3n) is 4.09. The lowest BCUT2D eigenvalue weighted by Crippen LogP contribution is -2.14. The van der Waals surface area contributed by atoms with Crippen molar-refractivity contribution in [3.8, 4) is 11.3 Å². The lowest BCUT2D eigenvalue weighted by Gasteiger charge is -2.02. The number of aryl methyl sites for hydroxylation is 1. The third-order valence-corrected chi connectivity index (χ3v) is 4.85. The van der Waals surface area contributed by atoms with Crippen LogP contribution >= 0.6 is 11.3 Å². The molecule has 0 saturated heterocycles. The van der Waals surface area contributed by atoms with Crippen LogP contribution in [-0.4, -0.2) is 29.0 Å². The second kappa shape index (κ2) is 7.53. The number of esters is 1. The van der Waals surface area contributed by atoms with Gasteiger partial charge < -0.3 is 9.72 Å². The number of thiazole rings is 1. The van der Waals surface area contributed by atoms with Gasteiger partial charge in [0.2, 0.25) is 0 Å². The van der Waals surface area contributed by atoms with E-state index in [1.54, 1.807) is 6.92 Å². The Morgan fingerprint density at radius 2 is 2.00 bits per heavy atom. The number of hydrogen-bond donors (Lipinski definition) is 2. The van der Waals surface area contributed by atoms with Gasteiger partial charge in [-0.15, -0.1) is 11.3 Å². The summed E-state index contributed by atoms with van der Waals surface area (Å²) in [5.74, 6) is -0.781. The summed E-state index contributed by atoms with van der Waals surface area (Å²) < 4.78 is 4.82. The van der Waals surface area contributed by atoms with Gasteiger partial charge in [0.05, 0.1) is 18.4 Å². The molecule has 0 spiro atoms. The van der Waals surface area contributed by atoms with Crippen LogP contribution in [0.25, 0.3) is 11.3 Å². The molecular formula is C19H19N3O3S. The van der Waals surface area contributed by atoms with E-state index in [0.717, 1.165) is 11.3 Å². The van der Waals surface area contributed by atoms with Crippen LogP contribution in [0, 0.1) is 6.92 Å². The molecule has 0 unspecified atom stereocenters. The average molecular weight is 369 g/mol. The van der Waals surface area contributed by atoms with Crippen LogP contribution in [0.3, 0.4) is 0 Å². The molecule has 26 heavy (non-hydrogen) atoms. The minimum absolute atomic E-state index is 0.332. The number of H-pyrrole nitrogens is 1. The van der Waals surface area contributed by atoms with Crippen LogP contribution in [0.5, 0.6) is 0 Å². The number of hydrogen-bond acceptors (Lipinski definition) is 5. The van der Waals surface area contributed by atoms with Crippen LogP contribution in [0.2, 0.25) is 0 Å². The van der Waals surface area contributed by atoms with E-state index in [1.807, 2.05) is 42.6 Å². The van der Waals surface area contributed by atoms with Gasteiger partial charge in [0, 0.05) is 16.6 Å². The maximum Gasteiger partial charge on any atom is 0.339 e. The van der Waals surface area contributed by atoms with Gasteiger partial charge in [-0.2, -0.15) is 0 Å². The summed E-state index contributed by atoms with van der Waals surface area (Å²) in [6, 6.07) is 9.75. The highest BCUT2D eigenvalue weighted by Gasteiger charge is 2.24. The molecule has 7 heteroatoms. The highest BCUT2D eigenvalue weighted by atomic mass is 32.1. The first kappa shape index (κ1) is 17.9. The molecule has 1 amide bonds. The zero-order valence-electron chi connectivity index (χ0n) is 14.8. The summed E-state index contributed by atoms with van der Waals surface area (Å²) >= 11 is 1.35. The molecular weight excluding hydrogens is 350 g/mol. The Morgan fingerprint density at radius 3 is 2.65 bits per heavy atom. The maximum absolute atomic E-state index is 12.6. The monoisotopic (exact) mass is 369 g/mol. The van der Waals surface area contributed by atoms with Crippen molar-refractivity contribution < 1.29 is 14.3 Å². The fourth-order valence-electron chi connectivity index (χ4n) is 2.76. The van der Waals surface area contributed by atoms with E-state index < -0.39 is 5.97 Å². The maximum atomic E-state index is 12.6. The van der Waals surface area contributed by atoms with E-state index in [0.29, 0.717) is 34.1 Å². The molecule has 0 aliphatic rings. The van der Waals surface area contributed by atoms with Crippen molar-refractivity contribution in [1.29, 1.82) is 0 Å². The molecule has 0 aliphatic carbocycles. The number of carbonyl (C=O) groups excluding carboxylic acids is 2. The molecule has 134 valence electrons. The smallest absolute Gasteiger partial charge is 0.339 e. The van der Waals surface area contributed by atoms with Crippen molar-refractivity contribution in [2.75, 3.05) is 12.4 Å². The Labute approximate surface area is 155 Å². The van der Waals surface area contributed by atoms with E-state index in [4.69, 9.17) is 4.74 Å². The molecule has 0 aliphatic heterocycles. The summed E-state index contributed by atoms with van der Waals surface area (Å²) in [4.78, 5) is 32.1. The number of carbonyl (C=O) groups is 2. The summed E-state index contributed by atoms with van der Waals surface area (Å²) in [5, 5.41) is 5.19. The molecule has 2 aromatic heterocycles. The van der Waals surface area contributed by atoms with Crippen LogP contribution < -0.4 is 5.32 Å². The second-order valence-corrected chi connectivity index (χ2v) is 6.54. The molecule has 2 heterocycles. The van der Waals surface area contributed by atoms with E-state index >= 15 is 0 Å². The summed E-state index contributed by atoms with van der Waals surface area (Å²) in [6.45, 7) is 3.64. The lowest BCUT2D eigenvalue weighted by molar-refractivity contribution is 0.0599. The summed E-state index contributed by atoms with van der Waals surface area (Å²) in [7, 11) is 1.33. The zero-order chi connectivity index (χ0) is 18.7. The minimum atomic E-state index is -0.449. The number of aromatic amines is 1. The van der Waals surface area contributed by atoms with Crippen molar-refractivity contribution in [1.82, 2.24) is 9.97 Å². The molecule has 0 bridgehead atoms. The normalized spacial score (nSPS) is 10.6. The van der Waals surface area contributed by atoms with E-state index in [1.165, 1.54) is 18.4 Å². The van der Waals surface area contributed by atoms with E-state index in [2.05, 4.69) is 15.3 Å². The molecule has 0 saturated carbocycles. The Bertz CT molecular complexity index is 944. The van der Waals surface area contributed by atoms with E-state index in [-0.39, 0.29) is 5.91 Å². The minimum Gasteiger partial charge on any atom is -0.465 e. The molecule has 1 aromatic carbocycles. The fourth-order valence-corrected chi connectivity index (χ4v) is 3.48. The molecule has 0 atom stereocenters. The predicted octanol–water partition coefficient (Wildman–Crippen LogP) is 4.05. The summed E-state index contributed by atoms with van der Waals surface area (Å²) in [6.07, 6.45) is 0.591. The first-order chi connectivity index (χ1) is 12.5. The molecule has 2 N–H and O–H groups in total. The second-order valence-electron chi connectivity index (χ2n) is 5.68. The number of benzene rings is 1. The molecule has 3 rings (SSSR count). The number of methoxy groups -OCH3 is 1. The lowest BCUT2D eigenvalue weighted by atomic mass is 10.1. The quantitative estimate of drug-likeness (QED) is 0.665. The first-order valence-electron chi connectivity index (χ1n) is 8.17. The summed E-state index contributed by atoms with van der Waals surface area (Å²) in [5.41, 5.74) is 3.82. The Kier molecular flexibility index (Phi) is 5.18. The van der Waals surface area contributed by atoms with Crippen molar-refractivity contribution in [2.45, 2.75) is 20.3 Å². The van der Waals surface area contributed by atoms with Crippen molar-refractivity contribution in [2.24, 2.45) is 0 Å². The van der Waals surface area contributed by atoms with Gasteiger partial charge in [0.1, 0.15) is 5.69 Å². The topological polar surface area (TPSA) is 84.1 Å². The Balaban J connectivity index is 1.84. The molecule has 3 aromatic rings. The van der Waals surface area contributed by atoms with Gasteiger partial charge in [-0.3, -0.25) is 10.1 Å². The van der Waals surface area contributed by atoms with Gasteiger partial charge in [-0.25, -0.2) is 9.78 Å². The van der Waals surface area contributed by atoms with Crippen LogP contribution in [-0.2, 0) is 11.2 Å². The van der Waals surface area contributed by atoms with Gasteiger partial charge in [-0.05, 0) is 18.9 Å². The first-order valence-corrected chi connectivity index (χ1v) is 9.05. The third kappa shape index (κ3) is 3.39. The SMILES string of the molecule is CCc1[nH]c(C(=O)Nc2nc(-c3ccccc3)cs2)c(C)c1C(=O)OC. The number of amides is 1. The molecule has 6 nitrogen and oxygen atoms in total. The zero-order valence-corrected chi connectivity index (χ0v) is 15.6. The number of ether oxygens (including phenoxy) is 1.